The summed E-state index contributed by atoms with van der Waals surface area (Å²) in [5, 5.41) is 9.29. The van der Waals surface area contributed by atoms with E-state index >= 15 is 0 Å². The first-order chi connectivity index (χ1) is 11.6. The third-order valence-electron chi connectivity index (χ3n) is 3.60. The molecule has 0 aliphatic rings. The molecule has 0 amide bonds. The van der Waals surface area contributed by atoms with Crippen LogP contribution in [0.1, 0.15) is 22.6 Å². The normalized spacial score (nSPS) is 10.8. The van der Waals surface area contributed by atoms with Crippen LogP contribution in [0, 0.1) is 13.8 Å². The number of hydrogen-bond acceptors (Lipinski definition) is 5. The molecule has 2 aromatic carbocycles. The molecule has 24 heavy (non-hydrogen) atoms. The van der Waals surface area contributed by atoms with Gasteiger partial charge in [0.2, 0.25) is 0 Å². The maximum absolute atomic E-state index is 6.14. The van der Waals surface area contributed by atoms with Crippen molar-refractivity contribution in [2.45, 2.75) is 31.4 Å². The van der Waals surface area contributed by atoms with Crippen molar-refractivity contribution in [1.82, 2.24) is 10.2 Å². The van der Waals surface area contributed by atoms with Crippen LogP contribution in [0.15, 0.2) is 52.1 Å². The minimum absolute atomic E-state index is 0.252. The number of rotatable bonds is 6. The van der Waals surface area contributed by atoms with E-state index in [4.69, 9.17) is 20.8 Å². The molecule has 0 N–H and O–H groups in total. The summed E-state index contributed by atoms with van der Waals surface area (Å²) in [6.07, 6.45) is 0. The van der Waals surface area contributed by atoms with Crippen molar-refractivity contribution < 1.29 is 9.15 Å². The van der Waals surface area contributed by atoms with E-state index in [9.17, 15) is 0 Å². The lowest BCUT2D eigenvalue weighted by Gasteiger charge is -2.05. The van der Waals surface area contributed by atoms with Gasteiger partial charge in [-0.25, -0.2) is 0 Å². The van der Waals surface area contributed by atoms with Crippen molar-refractivity contribution in [3.05, 3.63) is 70.1 Å². The van der Waals surface area contributed by atoms with Gasteiger partial charge in [0.25, 0.3) is 11.1 Å². The molecule has 0 saturated heterocycles. The Kier molecular flexibility index (Phi) is 5.43. The number of benzene rings is 2. The van der Waals surface area contributed by atoms with E-state index in [1.165, 1.54) is 22.9 Å². The van der Waals surface area contributed by atoms with Gasteiger partial charge < -0.3 is 9.15 Å². The van der Waals surface area contributed by atoms with Crippen LogP contribution in [-0.2, 0) is 12.4 Å². The SMILES string of the molecule is Cc1ccc(OCc2nnc(SCc3ccccc3Cl)o2)cc1C. The van der Waals surface area contributed by atoms with Gasteiger partial charge in [0.1, 0.15) is 5.75 Å². The van der Waals surface area contributed by atoms with Crippen LogP contribution < -0.4 is 4.74 Å². The number of thioether (sulfide) groups is 1. The Morgan fingerprint density at radius 2 is 1.92 bits per heavy atom. The van der Waals surface area contributed by atoms with Crippen LogP contribution in [-0.4, -0.2) is 10.2 Å². The molecule has 0 fully saturated rings. The van der Waals surface area contributed by atoms with E-state index < -0.39 is 0 Å². The molecule has 124 valence electrons. The van der Waals surface area contributed by atoms with Crippen molar-refractivity contribution in [3.63, 3.8) is 0 Å². The number of aromatic nitrogens is 2. The van der Waals surface area contributed by atoms with E-state index in [1.807, 2.05) is 42.5 Å². The Morgan fingerprint density at radius 3 is 2.71 bits per heavy atom. The van der Waals surface area contributed by atoms with Crippen molar-refractivity contribution >= 4 is 23.4 Å². The smallest absolute Gasteiger partial charge is 0.277 e. The lowest BCUT2D eigenvalue weighted by atomic mass is 10.1. The lowest BCUT2D eigenvalue weighted by Crippen LogP contribution is -1.96. The van der Waals surface area contributed by atoms with E-state index in [0.29, 0.717) is 16.9 Å². The van der Waals surface area contributed by atoms with E-state index in [1.54, 1.807) is 0 Å². The zero-order valence-electron chi connectivity index (χ0n) is 13.5. The molecular formula is C18H17ClN2O2S. The van der Waals surface area contributed by atoms with Crippen LogP contribution in [0.25, 0.3) is 0 Å². The summed E-state index contributed by atoms with van der Waals surface area (Å²) in [4.78, 5) is 0. The molecule has 3 aromatic rings. The Balaban J connectivity index is 1.55. The highest BCUT2D eigenvalue weighted by Gasteiger charge is 2.09. The van der Waals surface area contributed by atoms with Crippen molar-refractivity contribution in [3.8, 4) is 5.75 Å². The Hall–Kier alpha value is -1.98. The molecular weight excluding hydrogens is 344 g/mol. The molecule has 0 atom stereocenters. The van der Waals surface area contributed by atoms with Crippen LogP contribution in [0.2, 0.25) is 5.02 Å². The number of halogens is 1. The fourth-order valence-corrected chi connectivity index (χ4v) is 3.12. The van der Waals surface area contributed by atoms with Gasteiger partial charge >= 0.3 is 0 Å². The molecule has 0 bridgehead atoms. The third kappa shape index (κ3) is 4.30. The largest absolute Gasteiger partial charge is 0.484 e. The second-order valence-corrected chi connectivity index (χ2v) is 6.71. The second-order valence-electron chi connectivity index (χ2n) is 5.38. The molecule has 0 aliphatic heterocycles. The van der Waals surface area contributed by atoms with Crippen molar-refractivity contribution in [2.75, 3.05) is 0 Å². The highest BCUT2D eigenvalue weighted by atomic mass is 35.5. The summed E-state index contributed by atoms with van der Waals surface area (Å²) >= 11 is 7.59. The summed E-state index contributed by atoms with van der Waals surface area (Å²) in [6, 6.07) is 13.7. The summed E-state index contributed by atoms with van der Waals surface area (Å²) in [7, 11) is 0. The van der Waals surface area contributed by atoms with Gasteiger partial charge in [-0.1, -0.05) is 47.6 Å². The first kappa shape index (κ1) is 16.9. The van der Waals surface area contributed by atoms with Crippen LogP contribution in [0.4, 0.5) is 0 Å². The van der Waals surface area contributed by atoms with Gasteiger partial charge in [0.15, 0.2) is 6.61 Å². The van der Waals surface area contributed by atoms with Gasteiger partial charge in [0, 0.05) is 10.8 Å². The maximum atomic E-state index is 6.14. The first-order valence-electron chi connectivity index (χ1n) is 7.50. The molecule has 0 saturated carbocycles. The Bertz CT molecular complexity index is 835. The fraction of sp³-hybridized carbons (Fsp3) is 0.222. The summed E-state index contributed by atoms with van der Waals surface area (Å²) in [5.74, 6) is 1.93. The van der Waals surface area contributed by atoms with Crippen molar-refractivity contribution in [2.24, 2.45) is 0 Å². The van der Waals surface area contributed by atoms with E-state index in [2.05, 4.69) is 24.0 Å². The lowest BCUT2D eigenvalue weighted by molar-refractivity contribution is 0.252. The predicted octanol–water partition coefficient (Wildman–Crippen LogP) is 5.21. The van der Waals surface area contributed by atoms with Gasteiger partial charge in [0.05, 0.1) is 0 Å². The summed E-state index contributed by atoms with van der Waals surface area (Å²) in [5.41, 5.74) is 3.46. The molecule has 0 unspecified atom stereocenters. The quantitative estimate of drug-likeness (QED) is 0.564. The molecule has 1 aromatic heterocycles. The fourth-order valence-electron chi connectivity index (χ4n) is 2.06. The zero-order valence-corrected chi connectivity index (χ0v) is 15.0. The van der Waals surface area contributed by atoms with Gasteiger partial charge in [-0.05, 0) is 48.7 Å². The van der Waals surface area contributed by atoms with Crippen molar-refractivity contribution in [1.29, 1.82) is 0 Å². The topological polar surface area (TPSA) is 48.2 Å². The Morgan fingerprint density at radius 1 is 1.08 bits per heavy atom. The highest BCUT2D eigenvalue weighted by molar-refractivity contribution is 7.98. The molecule has 0 radical (unpaired) electrons. The average molecular weight is 361 g/mol. The first-order valence-corrected chi connectivity index (χ1v) is 8.87. The van der Waals surface area contributed by atoms with Gasteiger partial charge in [-0.15, -0.1) is 10.2 Å². The summed E-state index contributed by atoms with van der Waals surface area (Å²) < 4.78 is 11.3. The molecule has 4 nitrogen and oxygen atoms in total. The van der Waals surface area contributed by atoms with Crippen LogP contribution in [0.3, 0.4) is 0 Å². The van der Waals surface area contributed by atoms with E-state index in [-0.39, 0.29) is 6.61 Å². The van der Waals surface area contributed by atoms with Gasteiger partial charge in [-0.2, -0.15) is 0 Å². The highest BCUT2D eigenvalue weighted by Crippen LogP contribution is 2.26. The molecule has 0 spiro atoms. The van der Waals surface area contributed by atoms with E-state index in [0.717, 1.165) is 16.3 Å². The summed E-state index contributed by atoms with van der Waals surface area (Å²) in [6.45, 7) is 4.38. The number of hydrogen-bond donors (Lipinski definition) is 0. The zero-order chi connectivity index (χ0) is 16.9. The minimum Gasteiger partial charge on any atom is -0.484 e. The number of nitrogens with zero attached hydrogens (tertiary/aromatic N) is 2. The molecule has 3 rings (SSSR count). The molecule has 0 aliphatic carbocycles. The standard InChI is InChI=1S/C18H17ClN2O2S/c1-12-7-8-15(9-13(12)2)22-10-17-20-21-18(23-17)24-11-14-5-3-4-6-16(14)19/h3-9H,10-11H2,1-2H3. The monoisotopic (exact) mass is 360 g/mol. The number of ether oxygens (including phenoxy) is 1. The second kappa shape index (κ2) is 7.73. The maximum Gasteiger partial charge on any atom is 0.277 e. The minimum atomic E-state index is 0.252. The number of aryl methyl sites for hydroxylation is 2. The van der Waals surface area contributed by atoms with Crippen LogP contribution in [0.5, 0.6) is 5.75 Å². The molecule has 1 heterocycles. The van der Waals surface area contributed by atoms with Crippen LogP contribution >= 0.6 is 23.4 Å². The van der Waals surface area contributed by atoms with Gasteiger partial charge in [-0.3, -0.25) is 0 Å². The average Bonchev–Trinajstić information content (AvgIpc) is 3.03. The molecule has 6 heteroatoms. The third-order valence-corrected chi connectivity index (χ3v) is 4.83. The predicted molar refractivity (Wildman–Crippen MR) is 95.6 cm³/mol. The Labute approximate surface area is 150 Å².